The van der Waals surface area contributed by atoms with Crippen LogP contribution >= 0.6 is 35.2 Å². The molecular formula is C7HCl3N6O3. The second kappa shape index (κ2) is 4.03. The van der Waals surface area contributed by atoms with Gasteiger partial charge in [0.25, 0.3) is 11.0 Å². The van der Waals surface area contributed by atoms with Crippen molar-refractivity contribution in [2.75, 3.05) is 0 Å². The molecule has 0 aliphatic carbocycles. The Morgan fingerprint density at radius 3 is 2.16 bits per heavy atom. The van der Waals surface area contributed by atoms with Crippen molar-refractivity contribution in [2.24, 2.45) is 0 Å². The maximum atomic E-state index is 11.9. The van der Waals surface area contributed by atoms with E-state index in [2.05, 4.69) is 0 Å². The summed E-state index contributed by atoms with van der Waals surface area (Å²) >= 11 is 17.1. The Morgan fingerprint density at radius 1 is 1.11 bits per heavy atom. The van der Waals surface area contributed by atoms with E-state index < -0.39 is 29.1 Å². The summed E-state index contributed by atoms with van der Waals surface area (Å²) in [5.41, 5.74) is 0. The summed E-state index contributed by atoms with van der Waals surface area (Å²) in [7, 11) is 0. The second-order valence-corrected chi connectivity index (χ2v) is 4.66. The second-order valence-electron chi connectivity index (χ2n) is 3.41. The number of alkyl halides is 1. The third-order valence-corrected chi connectivity index (χ3v) is 3.92. The summed E-state index contributed by atoms with van der Waals surface area (Å²) < 4.78 is 0.573. The number of halogens is 3. The maximum absolute atomic E-state index is 11.9. The molecule has 5 amide bonds. The lowest BCUT2D eigenvalue weighted by Crippen LogP contribution is -2.69. The van der Waals surface area contributed by atoms with Crippen molar-refractivity contribution in [2.45, 2.75) is 11.2 Å². The highest BCUT2D eigenvalue weighted by atomic mass is 35.5. The average molecular weight is 323 g/mol. The minimum absolute atomic E-state index is 0.0627. The molecule has 0 aromatic heterocycles. The molecule has 19 heavy (non-hydrogen) atoms. The largest absolute Gasteiger partial charge is 0.356 e. The first kappa shape index (κ1) is 13.5. The predicted molar refractivity (Wildman–Crippen MR) is 58.5 cm³/mol. The number of urea groups is 2. The zero-order valence-corrected chi connectivity index (χ0v) is 10.9. The molecule has 0 aromatic carbocycles. The van der Waals surface area contributed by atoms with Gasteiger partial charge in [0.1, 0.15) is 0 Å². The van der Waals surface area contributed by atoms with E-state index in [1.165, 1.54) is 12.4 Å². The molecule has 2 aliphatic rings. The van der Waals surface area contributed by atoms with Crippen LogP contribution in [0.15, 0.2) is 0 Å². The third-order valence-electron chi connectivity index (χ3n) is 2.55. The molecule has 0 bridgehead atoms. The van der Waals surface area contributed by atoms with Crippen molar-refractivity contribution in [1.29, 1.82) is 10.5 Å². The van der Waals surface area contributed by atoms with Crippen LogP contribution in [0.5, 0.6) is 0 Å². The Kier molecular flexibility index (Phi) is 2.86. The number of hydrogen-bond acceptors (Lipinski definition) is 5. The number of nitriles is 2. The van der Waals surface area contributed by atoms with Crippen molar-refractivity contribution in [3.8, 4) is 12.4 Å². The van der Waals surface area contributed by atoms with Crippen LogP contribution < -0.4 is 0 Å². The number of carbonyl (C=O) groups excluding carboxylic acids is 3. The Hall–Kier alpha value is -1.94. The molecule has 2 unspecified atom stereocenters. The highest BCUT2D eigenvalue weighted by Crippen LogP contribution is 2.45. The van der Waals surface area contributed by atoms with Gasteiger partial charge in [-0.15, -0.1) is 0 Å². The van der Waals surface area contributed by atoms with Crippen LogP contribution in [-0.4, -0.2) is 47.8 Å². The molecule has 98 valence electrons. The molecule has 0 N–H and O–H groups in total. The van der Waals surface area contributed by atoms with E-state index in [9.17, 15) is 14.4 Å². The number of fused-ring (bicyclic) bond motifs is 1. The zero-order chi connectivity index (χ0) is 14.5. The lowest BCUT2D eigenvalue weighted by atomic mass is 10.1. The van der Waals surface area contributed by atoms with Crippen molar-refractivity contribution >= 4 is 53.1 Å². The average Bonchev–Trinajstić information content (AvgIpc) is 2.53. The molecule has 2 heterocycles. The number of carbonyl (C=O) groups is 3. The van der Waals surface area contributed by atoms with Crippen LogP contribution in [0.25, 0.3) is 0 Å². The Balaban J connectivity index is 2.66. The van der Waals surface area contributed by atoms with Crippen LogP contribution in [0.3, 0.4) is 0 Å². The van der Waals surface area contributed by atoms with Gasteiger partial charge in [0.15, 0.2) is 18.4 Å². The van der Waals surface area contributed by atoms with Crippen LogP contribution in [0, 0.1) is 22.9 Å². The number of imide groups is 1. The molecule has 0 saturated carbocycles. The number of amides is 5. The van der Waals surface area contributed by atoms with Crippen molar-refractivity contribution in [1.82, 2.24) is 18.6 Å². The van der Waals surface area contributed by atoms with Gasteiger partial charge in [0.2, 0.25) is 0 Å². The summed E-state index contributed by atoms with van der Waals surface area (Å²) in [6, 6.07) is -4.13. The van der Waals surface area contributed by atoms with Gasteiger partial charge >= 0.3 is 12.1 Å². The van der Waals surface area contributed by atoms with Gasteiger partial charge in [0, 0.05) is 23.6 Å². The fourth-order valence-corrected chi connectivity index (χ4v) is 2.71. The van der Waals surface area contributed by atoms with E-state index in [1.807, 2.05) is 0 Å². The fourth-order valence-electron chi connectivity index (χ4n) is 1.70. The molecule has 12 heteroatoms. The molecule has 0 radical (unpaired) electrons. The normalized spacial score (nSPS) is 30.4. The van der Waals surface area contributed by atoms with Gasteiger partial charge in [-0.1, -0.05) is 11.6 Å². The monoisotopic (exact) mass is 322 g/mol. The summed E-state index contributed by atoms with van der Waals surface area (Å²) in [5.74, 6) is -1.17. The smallest absolute Gasteiger partial charge is 0.270 e. The number of hydrogen-bond donors (Lipinski definition) is 0. The molecule has 2 saturated heterocycles. The Labute approximate surface area is 120 Å². The van der Waals surface area contributed by atoms with E-state index in [-0.39, 0.29) is 14.2 Å². The first-order chi connectivity index (χ1) is 8.82. The van der Waals surface area contributed by atoms with E-state index in [1.54, 1.807) is 0 Å². The van der Waals surface area contributed by atoms with Gasteiger partial charge in [-0.05, 0) is 0 Å². The molecule has 2 fully saturated rings. The minimum Gasteiger partial charge on any atom is -0.270 e. The van der Waals surface area contributed by atoms with Crippen LogP contribution in [0.1, 0.15) is 0 Å². The zero-order valence-electron chi connectivity index (χ0n) is 8.62. The van der Waals surface area contributed by atoms with Crippen molar-refractivity contribution in [3.05, 3.63) is 0 Å². The van der Waals surface area contributed by atoms with Crippen LogP contribution in [-0.2, 0) is 4.79 Å². The molecule has 2 rings (SSSR count). The van der Waals surface area contributed by atoms with Gasteiger partial charge in [-0.25, -0.2) is 14.0 Å². The quantitative estimate of drug-likeness (QED) is 0.279. The summed E-state index contributed by atoms with van der Waals surface area (Å²) in [5, 5.41) is 15.3. The predicted octanol–water partition coefficient (Wildman–Crippen LogP) is 0.519. The summed E-state index contributed by atoms with van der Waals surface area (Å²) in [4.78, 5) is 35.5. The van der Waals surface area contributed by atoms with Gasteiger partial charge in [-0.2, -0.15) is 24.7 Å². The van der Waals surface area contributed by atoms with E-state index in [4.69, 9.17) is 45.7 Å². The van der Waals surface area contributed by atoms with E-state index in [0.717, 1.165) is 0 Å². The van der Waals surface area contributed by atoms with Crippen molar-refractivity contribution < 1.29 is 14.4 Å². The molecular weight excluding hydrogens is 322 g/mol. The van der Waals surface area contributed by atoms with E-state index >= 15 is 0 Å². The van der Waals surface area contributed by atoms with Gasteiger partial charge in [-0.3, -0.25) is 4.79 Å². The topological polar surface area (TPSA) is 112 Å². The highest BCUT2D eigenvalue weighted by molar-refractivity contribution is 6.40. The Morgan fingerprint density at radius 2 is 1.68 bits per heavy atom. The molecule has 2 atom stereocenters. The molecule has 0 spiro atoms. The third kappa shape index (κ3) is 1.37. The first-order valence-electron chi connectivity index (χ1n) is 4.43. The van der Waals surface area contributed by atoms with Crippen LogP contribution in [0.4, 0.5) is 9.59 Å². The molecule has 9 nitrogen and oxygen atoms in total. The van der Waals surface area contributed by atoms with Gasteiger partial charge < -0.3 is 0 Å². The summed E-state index contributed by atoms with van der Waals surface area (Å²) in [6.45, 7) is 0. The number of nitrogens with zero attached hydrogens (tertiary/aromatic N) is 6. The lowest BCUT2D eigenvalue weighted by molar-refractivity contribution is -0.134. The maximum Gasteiger partial charge on any atom is 0.356 e. The molecule has 2 aliphatic heterocycles. The van der Waals surface area contributed by atoms with Crippen molar-refractivity contribution in [3.63, 3.8) is 0 Å². The minimum atomic E-state index is -2.32. The van der Waals surface area contributed by atoms with E-state index in [0.29, 0.717) is 4.42 Å². The SMILES string of the molecule is N#CN1C(=O)C2N(Cl)C(=O)N(Cl)C2(Cl)N(C#N)C1=O. The van der Waals surface area contributed by atoms with Crippen LogP contribution in [0.2, 0.25) is 0 Å². The highest BCUT2D eigenvalue weighted by Gasteiger charge is 2.70. The molecule has 0 aromatic rings. The first-order valence-corrected chi connectivity index (χ1v) is 5.49. The summed E-state index contributed by atoms with van der Waals surface area (Å²) in [6.07, 6.45) is 2.64. The standard InChI is InChI=1S/C7HCl3N6O3/c8-7-3(15(9)6(19)16(7)10)4(17)13(1-11)5(18)14(7)2-12/h3H. The van der Waals surface area contributed by atoms with Gasteiger partial charge in [0.05, 0.1) is 0 Å². The fraction of sp³-hybridized carbons (Fsp3) is 0.286. The lowest BCUT2D eigenvalue weighted by Gasteiger charge is -2.40. The number of rotatable bonds is 0. The Bertz CT molecular complexity index is 584.